The molecule has 0 bridgehead atoms. The molecule has 0 N–H and O–H groups in total. The number of piperazine rings is 1. The van der Waals surface area contributed by atoms with E-state index >= 15 is 0 Å². The van der Waals surface area contributed by atoms with Gasteiger partial charge in [-0.25, -0.2) is 0 Å². The Morgan fingerprint density at radius 1 is 1.23 bits per heavy atom. The third kappa shape index (κ3) is 3.28. The topological polar surface area (TPSA) is 6.48 Å². The first-order chi connectivity index (χ1) is 6.27. The predicted molar refractivity (Wildman–Crippen MR) is 57.7 cm³/mol. The minimum atomic E-state index is 0.790. The molecule has 0 aliphatic carbocycles. The van der Waals surface area contributed by atoms with E-state index in [1.54, 1.807) is 0 Å². The fraction of sp³-hybridized carbons (Fsp3) is 0.909. The molecule has 1 radical (unpaired) electrons. The van der Waals surface area contributed by atoms with Crippen molar-refractivity contribution >= 4 is 0 Å². The molecular formula is C11H23N2. The summed E-state index contributed by atoms with van der Waals surface area (Å²) >= 11 is 0. The lowest BCUT2D eigenvalue weighted by Crippen LogP contribution is -2.48. The van der Waals surface area contributed by atoms with Crippen LogP contribution in [-0.4, -0.2) is 49.1 Å². The van der Waals surface area contributed by atoms with E-state index in [4.69, 9.17) is 0 Å². The lowest BCUT2D eigenvalue weighted by atomic mass is 10.1. The van der Waals surface area contributed by atoms with Crippen LogP contribution in [0.2, 0.25) is 0 Å². The largest absolute Gasteiger partial charge is 0.304 e. The van der Waals surface area contributed by atoms with E-state index in [1.807, 2.05) is 0 Å². The predicted octanol–water partition coefficient (Wildman–Crippen LogP) is 1.63. The fourth-order valence-electron chi connectivity index (χ4n) is 2.03. The molecular weight excluding hydrogens is 160 g/mol. The molecule has 1 aliphatic rings. The normalized spacial score (nSPS) is 23.3. The van der Waals surface area contributed by atoms with Gasteiger partial charge in [0.2, 0.25) is 0 Å². The van der Waals surface area contributed by atoms with Gasteiger partial charge in [0, 0.05) is 32.2 Å². The van der Waals surface area contributed by atoms with Gasteiger partial charge in [0.1, 0.15) is 0 Å². The monoisotopic (exact) mass is 183 g/mol. The molecule has 2 nitrogen and oxygen atoms in total. The van der Waals surface area contributed by atoms with Crippen LogP contribution in [-0.2, 0) is 0 Å². The molecule has 0 amide bonds. The van der Waals surface area contributed by atoms with Crippen LogP contribution in [0.3, 0.4) is 0 Å². The minimum absolute atomic E-state index is 0.790. The van der Waals surface area contributed by atoms with E-state index in [-0.39, 0.29) is 0 Å². The first kappa shape index (κ1) is 11.0. The molecule has 13 heavy (non-hydrogen) atoms. The smallest absolute Gasteiger partial charge is 0.0113 e. The number of hydrogen-bond donors (Lipinski definition) is 0. The van der Waals surface area contributed by atoms with Gasteiger partial charge in [0.05, 0.1) is 0 Å². The molecule has 1 atom stereocenters. The molecule has 0 aromatic heterocycles. The van der Waals surface area contributed by atoms with Crippen molar-refractivity contribution in [2.75, 3.05) is 33.2 Å². The Morgan fingerprint density at radius 2 is 1.85 bits per heavy atom. The molecule has 1 unspecified atom stereocenters. The summed E-state index contributed by atoms with van der Waals surface area (Å²) in [7, 11) is 2.21. The van der Waals surface area contributed by atoms with E-state index in [0.717, 1.165) is 6.04 Å². The minimum Gasteiger partial charge on any atom is -0.304 e. The zero-order valence-corrected chi connectivity index (χ0v) is 9.29. The highest BCUT2D eigenvalue weighted by Crippen LogP contribution is 2.12. The first-order valence-corrected chi connectivity index (χ1v) is 5.48. The lowest BCUT2D eigenvalue weighted by molar-refractivity contribution is 0.108. The van der Waals surface area contributed by atoms with Crippen molar-refractivity contribution in [3.63, 3.8) is 0 Å². The van der Waals surface area contributed by atoms with Crippen molar-refractivity contribution in [3.8, 4) is 0 Å². The second-order valence-corrected chi connectivity index (χ2v) is 4.05. The molecule has 0 aromatic carbocycles. The molecule has 77 valence electrons. The molecule has 1 saturated heterocycles. The second kappa shape index (κ2) is 5.61. The number of rotatable bonds is 4. The standard InChI is InChI=1S/C11H23N2/c1-4-6-11(5-2)13-9-7-12(3)8-10-13/h4,11H,5-10H2,1-3H3. The number of nitrogens with zero attached hydrogens (tertiary/aromatic N) is 2. The van der Waals surface area contributed by atoms with Crippen molar-refractivity contribution in [1.29, 1.82) is 0 Å². The van der Waals surface area contributed by atoms with Gasteiger partial charge in [-0.05, 0) is 26.3 Å². The molecule has 1 rings (SSSR count). The van der Waals surface area contributed by atoms with Crippen molar-refractivity contribution < 1.29 is 0 Å². The third-order valence-electron chi connectivity index (χ3n) is 3.03. The van der Waals surface area contributed by atoms with Gasteiger partial charge < -0.3 is 4.90 Å². The average molecular weight is 183 g/mol. The highest BCUT2D eigenvalue weighted by Gasteiger charge is 2.19. The summed E-state index contributed by atoms with van der Waals surface area (Å²) in [6, 6.07) is 0.790. The molecule has 0 spiro atoms. The van der Waals surface area contributed by atoms with Crippen LogP contribution in [0, 0.1) is 6.42 Å². The molecule has 0 saturated carbocycles. The highest BCUT2D eigenvalue weighted by molar-refractivity contribution is 4.79. The summed E-state index contributed by atoms with van der Waals surface area (Å²) in [5, 5.41) is 0. The molecule has 0 aromatic rings. The summed E-state index contributed by atoms with van der Waals surface area (Å²) in [6.07, 6.45) is 4.83. The van der Waals surface area contributed by atoms with Gasteiger partial charge in [-0.2, -0.15) is 0 Å². The molecule has 1 aliphatic heterocycles. The molecule has 2 heteroatoms. The Labute approximate surface area is 82.9 Å². The van der Waals surface area contributed by atoms with Gasteiger partial charge in [0.25, 0.3) is 0 Å². The van der Waals surface area contributed by atoms with Crippen LogP contribution in [0.1, 0.15) is 26.7 Å². The van der Waals surface area contributed by atoms with E-state index in [9.17, 15) is 0 Å². The van der Waals surface area contributed by atoms with Gasteiger partial charge in [-0.1, -0.05) is 13.8 Å². The Balaban J connectivity index is 2.32. The number of hydrogen-bond acceptors (Lipinski definition) is 2. The maximum Gasteiger partial charge on any atom is 0.0113 e. The first-order valence-electron chi connectivity index (χ1n) is 5.48. The maximum atomic E-state index is 2.64. The summed E-state index contributed by atoms with van der Waals surface area (Å²) in [6.45, 7) is 9.44. The Hall–Kier alpha value is -0.0800. The van der Waals surface area contributed by atoms with Crippen molar-refractivity contribution in [1.82, 2.24) is 9.80 Å². The van der Waals surface area contributed by atoms with Crippen LogP contribution in [0.25, 0.3) is 0 Å². The fourth-order valence-corrected chi connectivity index (χ4v) is 2.03. The molecule has 1 fully saturated rings. The van der Waals surface area contributed by atoms with Crippen LogP contribution >= 0.6 is 0 Å². The van der Waals surface area contributed by atoms with Crippen molar-refractivity contribution in [3.05, 3.63) is 6.42 Å². The summed E-state index contributed by atoms with van der Waals surface area (Å²) in [4.78, 5) is 5.05. The maximum absolute atomic E-state index is 2.64. The molecule has 1 heterocycles. The van der Waals surface area contributed by atoms with E-state index in [2.05, 4.69) is 37.1 Å². The quantitative estimate of drug-likeness (QED) is 0.653. The highest BCUT2D eigenvalue weighted by atomic mass is 15.3. The van der Waals surface area contributed by atoms with Crippen LogP contribution in [0.5, 0.6) is 0 Å². The Kier molecular flexibility index (Phi) is 4.74. The van der Waals surface area contributed by atoms with Gasteiger partial charge >= 0.3 is 0 Å². The van der Waals surface area contributed by atoms with Gasteiger partial charge in [0.15, 0.2) is 0 Å². The van der Waals surface area contributed by atoms with Crippen LogP contribution in [0.4, 0.5) is 0 Å². The van der Waals surface area contributed by atoms with Crippen LogP contribution < -0.4 is 0 Å². The summed E-state index contributed by atoms with van der Waals surface area (Å²) < 4.78 is 0. The zero-order chi connectivity index (χ0) is 9.68. The Bertz CT molecular complexity index is 128. The second-order valence-electron chi connectivity index (χ2n) is 4.05. The number of likely N-dealkylation sites (N-methyl/N-ethyl adjacent to an activating group) is 1. The van der Waals surface area contributed by atoms with Crippen LogP contribution in [0.15, 0.2) is 0 Å². The van der Waals surface area contributed by atoms with Gasteiger partial charge in [-0.3, -0.25) is 4.90 Å². The third-order valence-corrected chi connectivity index (χ3v) is 3.03. The summed E-state index contributed by atoms with van der Waals surface area (Å²) in [5.74, 6) is 0. The summed E-state index contributed by atoms with van der Waals surface area (Å²) in [5.41, 5.74) is 0. The van der Waals surface area contributed by atoms with E-state index in [0.29, 0.717) is 0 Å². The van der Waals surface area contributed by atoms with Crippen molar-refractivity contribution in [2.45, 2.75) is 32.7 Å². The average Bonchev–Trinajstić information content (AvgIpc) is 2.16. The van der Waals surface area contributed by atoms with Gasteiger partial charge in [-0.15, -0.1) is 0 Å². The SMILES string of the molecule is C[CH]CC(CC)N1CCN(C)CC1. The van der Waals surface area contributed by atoms with Crippen molar-refractivity contribution in [2.24, 2.45) is 0 Å². The van der Waals surface area contributed by atoms with E-state index < -0.39 is 0 Å². The Morgan fingerprint density at radius 3 is 2.31 bits per heavy atom. The van der Waals surface area contributed by atoms with E-state index in [1.165, 1.54) is 39.0 Å². The lowest BCUT2D eigenvalue weighted by Gasteiger charge is -2.37. The zero-order valence-electron chi connectivity index (χ0n) is 9.29.